The van der Waals surface area contributed by atoms with E-state index in [2.05, 4.69) is 0 Å². The van der Waals surface area contributed by atoms with Gasteiger partial charge in [0, 0.05) is 17.7 Å². The summed E-state index contributed by atoms with van der Waals surface area (Å²) in [5.41, 5.74) is 4.01. The Bertz CT molecular complexity index is 1090. The summed E-state index contributed by atoms with van der Waals surface area (Å²) >= 11 is 0. The molecule has 0 aliphatic carbocycles. The Morgan fingerprint density at radius 3 is 2.33 bits per heavy atom. The maximum atomic E-state index is 13.3. The van der Waals surface area contributed by atoms with Gasteiger partial charge in [0.05, 0.1) is 18.7 Å². The molecule has 5 heteroatoms. The Hall–Kier alpha value is -3.60. The highest BCUT2D eigenvalue weighted by atomic mass is 16.5. The van der Waals surface area contributed by atoms with E-state index in [0.717, 1.165) is 16.9 Å². The largest absolute Gasteiger partial charge is 0.497 e. The summed E-state index contributed by atoms with van der Waals surface area (Å²) in [6, 6.07) is 20.6. The molecule has 1 aliphatic rings. The molecule has 0 bridgehead atoms. The van der Waals surface area contributed by atoms with Crippen LogP contribution < -0.4 is 4.74 Å². The van der Waals surface area contributed by atoms with Crippen LogP contribution in [0, 0.1) is 6.92 Å². The minimum Gasteiger partial charge on any atom is -0.497 e. The summed E-state index contributed by atoms with van der Waals surface area (Å²) in [6.07, 6.45) is 0.555. The van der Waals surface area contributed by atoms with E-state index in [9.17, 15) is 14.7 Å². The SMILES string of the molecule is COc1ccc(CN2C(=O)c3ccc(C)c(C(=O)O)c3C2Cc2ccccc2)cc1. The highest BCUT2D eigenvalue weighted by molar-refractivity contribution is 6.04. The molecule has 1 amide bonds. The lowest BCUT2D eigenvalue weighted by atomic mass is 9.91. The summed E-state index contributed by atoms with van der Waals surface area (Å²) in [4.78, 5) is 27.2. The van der Waals surface area contributed by atoms with Crippen molar-refractivity contribution in [1.29, 1.82) is 0 Å². The Morgan fingerprint density at radius 2 is 1.70 bits per heavy atom. The van der Waals surface area contributed by atoms with Crippen LogP contribution in [0.1, 0.15) is 49.0 Å². The number of carboxylic acids is 1. The Kier molecular flexibility index (Phi) is 5.27. The molecule has 0 fully saturated rings. The third-order valence-electron chi connectivity index (χ3n) is 5.65. The van der Waals surface area contributed by atoms with Gasteiger partial charge in [-0.25, -0.2) is 4.79 Å². The van der Waals surface area contributed by atoms with Crippen LogP contribution >= 0.6 is 0 Å². The van der Waals surface area contributed by atoms with Crippen LogP contribution in [-0.4, -0.2) is 29.0 Å². The maximum absolute atomic E-state index is 13.3. The lowest BCUT2D eigenvalue weighted by molar-refractivity contribution is 0.0675. The van der Waals surface area contributed by atoms with Gasteiger partial charge >= 0.3 is 5.97 Å². The second-order valence-corrected chi connectivity index (χ2v) is 7.51. The van der Waals surface area contributed by atoms with Gasteiger partial charge in [-0.05, 0) is 48.2 Å². The van der Waals surface area contributed by atoms with Crippen molar-refractivity contribution in [2.75, 3.05) is 7.11 Å². The average molecular weight is 401 g/mol. The first-order valence-corrected chi connectivity index (χ1v) is 9.84. The first-order valence-electron chi connectivity index (χ1n) is 9.84. The van der Waals surface area contributed by atoms with Gasteiger partial charge in [0.1, 0.15) is 5.75 Å². The zero-order chi connectivity index (χ0) is 21.3. The zero-order valence-corrected chi connectivity index (χ0v) is 17.0. The highest BCUT2D eigenvalue weighted by Crippen LogP contribution is 2.40. The zero-order valence-electron chi connectivity index (χ0n) is 17.0. The number of rotatable bonds is 6. The minimum atomic E-state index is -0.999. The molecule has 1 unspecified atom stereocenters. The van der Waals surface area contributed by atoms with Crippen LogP contribution in [0.4, 0.5) is 0 Å². The number of methoxy groups -OCH3 is 1. The molecule has 4 rings (SSSR count). The fourth-order valence-corrected chi connectivity index (χ4v) is 4.16. The number of hydrogen-bond acceptors (Lipinski definition) is 3. The van der Waals surface area contributed by atoms with E-state index in [1.807, 2.05) is 54.6 Å². The molecule has 3 aromatic carbocycles. The van der Waals surface area contributed by atoms with Gasteiger partial charge in [-0.3, -0.25) is 4.79 Å². The van der Waals surface area contributed by atoms with E-state index in [-0.39, 0.29) is 17.5 Å². The molecule has 3 aromatic rings. The smallest absolute Gasteiger partial charge is 0.336 e. The normalized spacial score (nSPS) is 15.2. The van der Waals surface area contributed by atoms with Gasteiger partial charge in [0.2, 0.25) is 0 Å². The lowest BCUT2D eigenvalue weighted by Crippen LogP contribution is -2.29. The van der Waals surface area contributed by atoms with Crippen molar-refractivity contribution in [2.24, 2.45) is 0 Å². The molecule has 0 spiro atoms. The van der Waals surface area contributed by atoms with Crippen molar-refractivity contribution in [1.82, 2.24) is 4.90 Å². The molecule has 1 aliphatic heterocycles. The van der Waals surface area contributed by atoms with Crippen LogP contribution in [0.3, 0.4) is 0 Å². The second kappa shape index (κ2) is 8.03. The summed E-state index contributed by atoms with van der Waals surface area (Å²) < 4.78 is 5.22. The second-order valence-electron chi connectivity index (χ2n) is 7.51. The van der Waals surface area contributed by atoms with Crippen LogP contribution in [0.25, 0.3) is 0 Å². The molecule has 30 heavy (non-hydrogen) atoms. The van der Waals surface area contributed by atoms with E-state index in [1.165, 1.54) is 0 Å². The number of fused-ring (bicyclic) bond motifs is 1. The number of nitrogens with zero attached hydrogens (tertiary/aromatic N) is 1. The summed E-state index contributed by atoms with van der Waals surface area (Å²) in [6.45, 7) is 2.17. The lowest BCUT2D eigenvalue weighted by Gasteiger charge is -2.26. The van der Waals surface area contributed by atoms with Gasteiger partial charge in [-0.2, -0.15) is 0 Å². The molecule has 0 aromatic heterocycles. The van der Waals surface area contributed by atoms with Crippen molar-refractivity contribution in [3.05, 3.63) is 100 Å². The van der Waals surface area contributed by atoms with E-state index in [4.69, 9.17) is 4.74 Å². The van der Waals surface area contributed by atoms with Crippen LogP contribution in [0.15, 0.2) is 66.7 Å². The Labute approximate surface area is 175 Å². The molecule has 0 saturated heterocycles. The summed E-state index contributed by atoms with van der Waals surface area (Å²) in [5, 5.41) is 9.89. The van der Waals surface area contributed by atoms with E-state index in [1.54, 1.807) is 31.1 Å². The van der Waals surface area contributed by atoms with E-state index in [0.29, 0.717) is 29.7 Å². The topological polar surface area (TPSA) is 66.8 Å². The molecule has 1 heterocycles. The van der Waals surface area contributed by atoms with Gasteiger partial charge in [-0.1, -0.05) is 48.5 Å². The number of carbonyl (C=O) groups is 2. The third-order valence-corrected chi connectivity index (χ3v) is 5.65. The fourth-order valence-electron chi connectivity index (χ4n) is 4.16. The standard InChI is InChI=1S/C25H23NO4/c1-16-8-13-20-23(22(16)25(28)29)21(14-17-6-4-3-5-7-17)26(24(20)27)15-18-9-11-19(30-2)12-10-18/h3-13,21H,14-15H2,1-2H3,(H,28,29). The monoisotopic (exact) mass is 401 g/mol. The molecule has 1 atom stereocenters. The van der Waals surface area contributed by atoms with Gasteiger partial charge in [-0.15, -0.1) is 0 Å². The molecule has 1 N–H and O–H groups in total. The summed E-state index contributed by atoms with van der Waals surface area (Å²) in [7, 11) is 1.61. The predicted molar refractivity (Wildman–Crippen MR) is 114 cm³/mol. The quantitative estimate of drug-likeness (QED) is 0.653. The number of aromatic carboxylic acids is 1. The molecular weight excluding hydrogens is 378 g/mol. The first-order chi connectivity index (χ1) is 14.5. The highest BCUT2D eigenvalue weighted by Gasteiger charge is 2.40. The molecule has 5 nitrogen and oxygen atoms in total. The van der Waals surface area contributed by atoms with Crippen LogP contribution in [0.2, 0.25) is 0 Å². The number of aryl methyl sites for hydroxylation is 1. The first kappa shape index (κ1) is 19.7. The van der Waals surface area contributed by atoms with Crippen LogP contribution in [0.5, 0.6) is 5.75 Å². The predicted octanol–water partition coefficient (Wildman–Crippen LogP) is 4.64. The molecule has 152 valence electrons. The number of amides is 1. The summed E-state index contributed by atoms with van der Waals surface area (Å²) in [5.74, 6) is -0.384. The van der Waals surface area contributed by atoms with Crippen molar-refractivity contribution in [3.8, 4) is 5.75 Å². The number of benzene rings is 3. The minimum absolute atomic E-state index is 0.135. The Morgan fingerprint density at radius 1 is 1.00 bits per heavy atom. The maximum Gasteiger partial charge on any atom is 0.336 e. The van der Waals surface area contributed by atoms with E-state index < -0.39 is 5.97 Å². The number of carboxylic acid groups (broad SMARTS) is 1. The number of ether oxygens (including phenoxy) is 1. The van der Waals surface area contributed by atoms with Crippen molar-refractivity contribution < 1.29 is 19.4 Å². The number of carbonyl (C=O) groups excluding carboxylic acids is 1. The number of hydrogen-bond donors (Lipinski definition) is 1. The van der Waals surface area contributed by atoms with Gasteiger partial charge in [0.15, 0.2) is 0 Å². The van der Waals surface area contributed by atoms with Crippen LogP contribution in [-0.2, 0) is 13.0 Å². The van der Waals surface area contributed by atoms with Crippen molar-refractivity contribution in [3.63, 3.8) is 0 Å². The van der Waals surface area contributed by atoms with Crippen molar-refractivity contribution >= 4 is 11.9 Å². The van der Waals surface area contributed by atoms with Gasteiger partial charge in [0.25, 0.3) is 5.91 Å². The van der Waals surface area contributed by atoms with Crippen molar-refractivity contribution in [2.45, 2.75) is 25.9 Å². The molecular formula is C25H23NO4. The molecule has 0 radical (unpaired) electrons. The fraction of sp³-hybridized carbons (Fsp3) is 0.200. The average Bonchev–Trinajstić information content (AvgIpc) is 3.00. The third kappa shape index (κ3) is 3.54. The van der Waals surface area contributed by atoms with Gasteiger partial charge < -0.3 is 14.7 Å². The molecule has 0 saturated carbocycles. The van der Waals surface area contributed by atoms with E-state index >= 15 is 0 Å². The Balaban J connectivity index is 1.78.